The van der Waals surface area contributed by atoms with Gasteiger partial charge < -0.3 is 4.90 Å². The zero-order chi connectivity index (χ0) is 16.3. The number of hydrogen-bond donors (Lipinski definition) is 0. The second-order valence-electron chi connectivity index (χ2n) is 4.34. The van der Waals surface area contributed by atoms with Crippen molar-refractivity contribution < 1.29 is 13.6 Å². The highest BCUT2D eigenvalue weighted by atomic mass is 35.5. The molecule has 0 N–H and O–H groups in total. The molecule has 0 bridgehead atoms. The van der Waals surface area contributed by atoms with E-state index < -0.39 is 11.6 Å². The lowest BCUT2D eigenvalue weighted by atomic mass is 10.3. The van der Waals surface area contributed by atoms with Crippen LogP contribution in [0, 0.1) is 11.6 Å². The van der Waals surface area contributed by atoms with Crippen LogP contribution < -0.4 is 0 Å². The molecule has 0 fully saturated rings. The van der Waals surface area contributed by atoms with Crippen LogP contribution in [0.25, 0.3) is 0 Å². The minimum atomic E-state index is -0.965. The molecule has 0 saturated heterocycles. The first-order valence-electron chi connectivity index (χ1n) is 6.64. The van der Waals surface area contributed by atoms with Crippen LogP contribution in [0.4, 0.5) is 13.6 Å². The fourth-order valence-corrected chi connectivity index (χ4v) is 2.88. The summed E-state index contributed by atoms with van der Waals surface area (Å²) in [6, 6.07) is 3.53. The molecule has 4 nitrogen and oxygen atoms in total. The van der Waals surface area contributed by atoms with E-state index in [2.05, 4.69) is 5.10 Å². The summed E-state index contributed by atoms with van der Waals surface area (Å²) in [6.07, 6.45) is 1.36. The minimum absolute atomic E-state index is 0.0578. The Hall–Kier alpha value is -1.60. The molecular formula is C14H14ClF2N3OS. The smallest absolute Gasteiger partial charge is 0.323 e. The molecule has 2 aromatic rings. The van der Waals surface area contributed by atoms with E-state index in [1.807, 2.05) is 13.8 Å². The van der Waals surface area contributed by atoms with Crippen molar-refractivity contribution in [3.05, 3.63) is 41.1 Å². The molecule has 2 rings (SSSR count). The third-order valence-electron chi connectivity index (χ3n) is 2.99. The Bertz CT molecular complexity index is 689. The van der Waals surface area contributed by atoms with E-state index in [0.29, 0.717) is 13.1 Å². The molecule has 0 spiro atoms. The van der Waals surface area contributed by atoms with Gasteiger partial charge in [-0.1, -0.05) is 29.4 Å². The van der Waals surface area contributed by atoms with Crippen LogP contribution >= 0.6 is 23.4 Å². The van der Waals surface area contributed by atoms with E-state index in [4.69, 9.17) is 11.6 Å². The maximum atomic E-state index is 13.7. The van der Waals surface area contributed by atoms with Crippen LogP contribution in [0.2, 0.25) is 5.02 Å². The molecule has 1 amide bonds. The molecule has 0 saturated carbocycles. The second kappa shape index (κ2) is 7.11. The summed E-state index contributed by atoms with van der Waals surface area (Å²) in [5, 5.41) is 4.51. The van der Waals surface area contributed by atoms with E-state index >= 15 is 0 Å². The zero-order valence-electron chi connectivity index (χ0n) is 12.0. The number of aromatic nitrogens is 2. The molecule has 0 atom stereocenters. The van der Waals surface area contributed by atoms with Gasteiger partial charge in [-0.3, -0.25) is 0 Å². The number of rotatable bonds is 4. The molecule has 1 aromatic carbocycles. The molecule has 1 heterocycles. The number of carbonyl (C=O) groups is 1. The van der Waals surface area contributed by atoms with Crippen molar-refractivity contribution in [1.29, 1.82) is 0 Å². The standard InChI is InChI=1S/C14H14ClF2N3OS/c1-3-19(4-2)14(21)20-8-9(15)13(18-20)22-11-7-5-6-10(16)12(11)17/h5-8H,3-4H2,1-2H3. The van der Waals surface area contributed by atoms with Gasteiger partial charge >= 0.3 is 6.03 Å². The van der Waals surface area contributed by atoms with Gasteiger partial charge in [-0.15, -0.1) is 0 Å². The van der Waals surface area contributed by atoms with Crippen molar-refractivity contribution >= 4 is 29.4 Å². The third-order valence-corrected chi connectivity index (χ3v) is 4.41. The minimum Gasteiger partial charge on any atom is -0.323 e. The SMILES string of the molecule is CCN(CC)C(=O)n1cc(Cl)c(Sc2cccc(F)c2F)n1. The van der Waals surface area contributed by atoms with Crippen LogP contribution in [0.1, 0.15) is 13.8 Å². The average molecular weight is 346 g/mol. The molecule has 0 unspecified atom stereocenters. The van der Waals surface area contributed by atoms with Gasteiger partial charge in [-0.25, -0.2) is 13.6 Å². The Balaban J connectivity index is 2.27. The molecule has 0 aliphatic carbocycles. The Morgan fingerprint density at radius 2 is 2.05 bits per heavy atom. The monoisotopic (exact) mass is 345 g/mol. The van der Waals surface area contributed by atoms with Crippen molar-refractivity contribution in [3.63, 3.8) is 0 Å². The molecule has 118 valence electrons. The fraction of sp³-hybridized carbons (Fsp3) is 0.286. The van der Waals surface area contributed by atoms with Crippen LogP contribution in [-0.4, -0.2) is 33.8 Å². The highest BCUT2D eigenvalue weighted by Gasteiger charge is 2.18. The van der Waals surface area contributed by atoms with Gasteiger partial charge in [0.2, 0.25) is 0 Å². The summed E-state index contributed by atoms with van der Waals surface area (Å²) in [7, 11) is 0. The van der Waals surface area contributed by atoms with Crippen LogP contribution in [0.15, 0.2) is 34.3 Å². The number of carbonyl (C=O) groups excluding carboxylic acids is 1. The Morgan fingerprint density at radius 1 is 1.36 bits per heavy atom. The van der Waals surface area contributed by atoms with Gasteiger partial charge in [-0.2, -0.15) is 9.78 Å². The predicted molar refractivity (Wildman–Crippen MR) is 81.4 cm³/mol. The Labute approximate surface area is 136 Å². The summed E-state index contributed by atoms with van der Waals surface area (Å²) in [5.41, 5.74) is 0. The number of benzene rings is 1. The first-order valence-corrected chi connectivity index (χ1v) is 7.83. The van der Waals surface area contributed by atoms with Gasteiger partial charge in [0.15, 0.2) is 11.6 Å². The van der Waals surface area contributed by atoms with Crippen molar-refractivity contribution in [3.8, 4) is 0 Å². The predicted octanol–water partition coefficient (Wildman–Crippen LogP) is 4.28. The largest absolute Gasteiger partial charge is 0.344 e. The summed E-state index contributed by atoms with van der Waals surface area (Å²) < 4.78 is 28.0. The normalized spacial score (nSPS) is 10.8. The van der Waals surface area contributed by atoms with Gasteiger partial charge in [0.25, 0.3) is 0 Å². The Kier molecular flexibility index (Phi) is 5.42. The number of amides is 1. The van der Waals surface area contributed by atoms with Gasteiger partial charge in [0, 0.05) is 13.1 Å². The van der Waals surface area contributed by atoms with Crippen molar-refractivity contribution in [1.82, 2.24) is 14.7 Å². The zero-order valence-corrected chi connectivity index (χ0v) is 13.6. The van der Waals surface area contributed by atoms with E-state index in [-0.39, 0.29) is 21.0 Å². The third kappa shape index (κ3) is 3.41. The molecule has 1 aromatic heterocycles. The van der Waals surface area contributed by atoms with Crippen LogP contribution in [0.3, 0.4) is 0 Å². The molecule has 8 heteroatoms. The first kappa shape index (κ1) is 16.8. The second-order valence-corrected chi connectivity index (χ2v) is 5.77. The van der Waals surface area contributed by atoms with Crippen molar-refractivity contribution in [2.45, 2.75) is 23.8 Å². The average Bonchev–Trinajstić information content (AvgIpc) is 2.86. The lowest BCUT2D eigenvalue weighted by Crippen LogP contribution is -2.34. The highest BCUT2D eigenvalue weighted by molar-refractivity contribution is 7.99. The number of halogens is 3. The first-order chi connectivity index (χ1) is 10.5. The van der Waals surface area contributed by atoms with E-state index in [1.165, 1.54) is 18.3 Å². The maximum Gasteiger partial charge on any atom is 0.344 e. The van der Waals surface area contributed by atoms with E-state index in [0.717, 1.165) is 22.5 Å². The summed E-state index contributed by atoms with van der Waals surface area (Å²) >= 11 is 6.90. The van der Waals surface area contributed by atoms with Gasteiger partial charge in [-0.05, 0) is 26.0 Å². The lowest BCUT2D eigenvalue weighted by Gasteiger charge is -2.17. The summed E-state index contributed by atoms with van der Waals surface area (Å²) in [6.45, 7) is 4.77. The lowest BCUT2D eigenvalue weighted by molar-refractivity contribution is 0.201. The van der Waals surface area contributed by atoms with E-state index in [1.54, 1.807) is 4.90 Å². The fourth-order valence-electron chi connectivity index (χ4n) is 1.81. The van der Waals surface area contributed by atoms with Crippen LogP contribution in [0.5, 0.6) is 0 Å². The quantitative estimate of drug-likeness (QED) is 0.830. The molecule has 22 heavy (non-hydrogen) atoms. The molecular weight excluding hydrogens is 332 g/mol. The molecule has 0 aliphatic heterocycles. The molecule has 0 aliphatic rings. The van der Waals surface area contributed by atoms with Crippen molar-refractivity contribution in [2.75, 3.05) is 13.1 Å². The van der Waals surface area contributed by atoms with E-state index in [9.17, 15) is 13.6 Å². The topological polar surface area (TPSA) is 38.1 Å². The van der Waals surface area contributed by atoms with Gasteiger partial charge in [0.05, 0.1) is 16.1 Å². The van der Waals surface area contributed by atoms with Crippen molar-refractivity contribution in [2.24, 2.45) is 0 Å². The summed E-state index contributed by atoms with van der Waals surface area (Å²) in [5.74, 6) is -1.91. The van der Waals surface area contributed by atoms with Crippen LogP contribution in [-0.2, 0) is 0 Å². The van der Waals surface area contributed by atoms with Gasteiger partial charge in [0.1, 0.15) is 5.03 Å². The Morgan fingerprint density at radius 3 is 2.68 bits per heavy atom. The molecule has 0 radical (unpaired) electrons. The highest BCUT2D eigenvalue weighted by Crippen LogP contribution is 2.34. The number of nitrogens with zero attached hydrogens (tertiary/aromatic N) is 3. The maximum absolute atomic E-state index is 13.7. The summed E-state index contributed by atoms with van der Waals surface area (Å²) in [4.78, 5) is 13.8. The number of hydrogen-bond acceptors (Lipinski definition) is 3.